The van der Waals surface area contributed by atoms with Gasteiger partial charge in [-0.1, -0.05) is 43.5 Å². The fourth-order valence-electron chi connectivity index (χ4n) is 2.64. The third-order valence-electron chi connectivity index (χ3n) is 3.94. The maximum Gasteiger partial charge on any atom is 0.242 e. The quantitative estimate of drug-likeness (QED) is 0.681. The van der Waals surface area contributed by atoms with E-state index in [1.54, 1.807) is 12.1 Å². The van der Waals surface area contributed by atoms with Crippen LogP contribution in [0.4, 0.5) is 11.8 Å². The van der Waals surface area contributed by atoms with Gasteiger partial charge >= 0.3 is 0 Å². The lowest BCUT2D eigenvalue weighted by molar-refractivity contribution is 0.0952. The van der Waals surface area contributed by atoms with Crippen molar-refractivity contribution in [2.75, 3.05) is 11.5 Å². The van der Waals surface area contributed by atoms with E-state index in [4.69, 9.17) is 39.4 Å². The molecule has 0 spiro atoms. The molecular formula is C18H25Cl2N5O. The molecule has 142 valence electrons. The fraction of sp³-hybridized carbons (Fsp3) is 0.500. The molecule has 0 amide bonds. The summed E-state index contributed by atoms with van der Waals surface area (Å²) in [6, 6.07) is 3.43. The van der Waals surface area contributed by atoms with E-state index >= 15 is 0 Å². The van der Waals surface area contributed by atoms with Crippen LogP contribution in [0.15, 0.2) is 12.1 Å². The van der Waals surface area contributed by atoms with Crippen LogP contribution in [0.5, 0.6) is 5.75 Å². The first-order valence-corrected chi connectivity index (χ1v) is 9.29. The normalized spacial score (nSPS) is 11.8. The summed E-state index contributed by atoms with van der Waals surface area (Å²) in [4.78, 5) is 3.92. The van der Waals surface area contributed by atoms with E-state index in [-0.39, 0.29) is 17.4 Å². The second-order valence-electron chi connectivity index (χ2n) is 7.32. The fourth-order valence-corrected chi connectivity index (χ4v) is 3.05. The van der Waals surface area contributed by atoms with Crippen molar-refractivity contribution in [3.8, 4) is 17.0 Å². The highest BCUT2D eigenvalue weighted by atomic mass is 35.5. The zero-order valence-electron chi connectivity index (χ0n) is 15.5. The molecule has 6 nitrogen and oxygen atoms in total. The summed E-state index contributed by atoms with van der Waals surface area (Å²) in [5, 5.41) is 8.39. The number of nitrogens with two attached hydrogens (primary N) is 2. The molecule has 0 atom stereocenters. The molecule has 2 rings (SSSR count). The lowest BCUT2D eigenvalue weighted by Gasteiger charge is -2.27. The van der Waals surface area contributed by atoms with Crippen molar-refractivity contribution < 1.29 is 4.74 Å². The lowest BCUT2D eigenvalue weighted by atomic mass is 9.97. The molecule has 8 heteroatoms. The monoisotopic (exact) mass is 397 g/mol. The smallest absolute Gasteiger partial charge is 0.242 e. The van der Waals surface area contributed by atoms with E-state index in [0.29, 0.717) is 33.0 Å². The van der Waals surface area contributed by atoms with Gasteiger partial charge in [0.05, 0.1) is 10.0 Å². The van der Waals surface area contributed by atoms with Crippen LogP contribution in [-0.2, 0) is 0 Å². The number of nitrogen functional groups attached to an aromatic ring is 2. The largest absolute Gasteiger partial charge is 0.488 e. The van der Waals surface area contributed by atoms with Crippen LogP contribution < -0.4 is 16.2 Å². The minimum Gasteiger partial charge on any atom is -0.488 e. The van der Waals surface area contributed by atoms with E-state index in [1.807, 2.05) is 0 Å². The molecule has 1 aromatic heterocycles. The summed E-state index contributed by atoms with van der Waals surface area (Å²) in [7, 11) is 0. The van der Waals surface area contributed by atoms with Crippen LogP contribution in [0.2, 0.25) is 10.0 Å². The van der Waals surface area contributed by atoms with Gasteiger partial charge in [0.1, 0.15) is 17.0 Å². The van der Waals surface area contributed by atoms with E-state index < -0.39 is 0 Å². The molecule has 0 aliphatic carbocycles. The summed E-state index contributed by atoms with van der Waals surface area (Å²) in [5.74, 6) is 1.37. The molecule has 0 unspecified atom stereocenters. The second-order valence-corrected chi connectivity index (χ2v) is 8.10. The first kappa shape index (κ1) is 20.5. The van der Waals surface area contributed by atoms with Crippen molar-refractivity contribution in [2.24, 2.45) is 5.92 Å². The standard InChI is InChI=1S/C18H25Cl2N5O/c1-10(2)6-5-7-18(3,4)26-11-8-12(14(20)13(19)9-11)15-16(21)23-17(22)25-24-15/h8-10H,5-7H2,1-4H3,(H4,21,22,23,25). The third-order valence-corrected chi connectivity index (χ3v) is 4.74. The molecule has 0 aliphatic heterocycles. The molecule has 0 saturated carbocycles. The van der Waals surface area contributed by atoms with Crippen molar-refractivity contribution in [3.63, 3.8) is 0 Å². The average Bonchev–Trinajstić information content (AvgIpc) is 2.50. The molecular weight excluding hydrogens is 373 g/mol. The van der Waals surface area contributed by atoms with Crippen molar-refractivity contribution in [3.05, 3.63) is 22.2 Å². The molecule has 0 saturated heterocycles. The number of hydrogen-bond donors (Lipinski definition) is 2. The Morgan fingerprint density at radius 3 is 2.46 bits per heavy atom. The number of ether oxygens (including phenoxy) is 1. The van der Waals surface area contributed by atoms with Crippen LogP contribution in [-0.4, -0.2) is 20.8 Å². The third kappa shape index (κ3) is 5.35. The highest BCUT2D eigenvalue weighted by molar-refractivity contribution is 6.43. The first-order valence-electron chi connectivity index (χ1n) is 8.53. The maximum atomic E-state index is 6.33. The summed E-state index contributed by atoms with van der Waals surface area (Å²) in [6.45, 7) is 8.53. The Balaban J connectivity index is 2.30. The number of halogens is 2. The molecule has 1 heterocycles. The Bertz CT molecular complexity index is 780. The Hall–Kier alpha value is -1.79. The van der Waals surface area contributed by atoms with Crippen LogP contribution in [0.25, 0.3) is 11.3 Å². The van der Waals surface area contributed by atoms with Crippen LogP contribution in [0.1, 0.15) is 47.0 Å². The number of benzene rings is 1. The summed E-state index contributed by atoms with van der Waals surface area (Å²) in [5.41, 5.74) is 11.9. The molecule has 4 N–H and O–H groups in total. The van der Waals surface area contributed by atoms with Gasteiger partial charge in [-0.15, -0.1) is 10.2 Å². The van der Waals surface area contributed by atoms with Gasteiger partial charge in [-0.05, 0) is 38.7 Å². The van der Waals surface area contributed by atoms with Gasteiger partial charge in [-0.25, -0.2) is 0 Å². The van der Waals surface area contributed by atoms with Gasteiger partial charge in [0.2, 0.25) is 5.95 Å². The van der Waals surface area contributed by atoms with Crippen LogP contribution >= 0.6 is 23.2 Å². The van der Waals surface area contributed by atoms with E-state index in [0.717, 1.165) is 19.3 Å². The molecule has 26 heavy (non-hydrogen) atoms. The van der Waals surface area contributed by atoms with Gasteiger partial charge in [0.25, 0.3) is 0 Å². The van der Waals surface area contributed by atoms with E-state index in [9.17, 15) is 0 Å². The molecule has 0 aliphatic rings. The van der Waals surface area contributed by atoms with Gasteiger partial charge in [0, 0.05) is 11.6 Å². The van der Waals surface area contributed by atoms with Gasteiger partial charge in [-0.2, -0.15) is 4.98 Å². The highest BCUT2D eigenvalue weighted by Crippen LogP contribution is 2.39. The number of hydrogen-bond acceptors (Lipinski definition) is 6. The van der Waals surface area contributed by atoms with Gasteiger partial charge in [-0.3, -0.25) is 0 Å². The minimum atomic E-state index is -0.347. The van der Waals surface area contributed by atoms with Crippen molar-refractivity contribution in [2.45, 2.75) is 52.6 Å². The Morgan fingerprint density at radius 2 is 1.85 bits per heavy atom. The highest BCUT2D eigenvalue weighted by Gasteiger charge is 2.22. The average molecular weight is 398 g/mol. The molecule has 1 aromatic carbocycles. The number of rotatable bonds is 7. The van der Waals surface area contributed by atoms with Gasteiger partial charge in [0.15, 0.2) is 5.82 Å². The summed E-state index contributed by atoms with van der Waals surface area (Å²) >= 11 is 12.6. The van der Waals surface area contributed by atoms with Crippen molar-refractivity contribution in [1.29, 1.82) is 0 Å². The SMILES string of the molecule is CC(C)CCCC(C)(C)Oc1cc(Cl)c(Cl)c(-c2nnc(N)nc2N)c1. The second kappa shape index (κ2) is 8.27. The predicted octanol–water partition coefficient (Wildman–Crippen LogP) is 4.99. The topological polar surface area (TPSA) is 99.9 Å². The zero-order chi connectivity index (χ0) is 19.5. The molecule has 0 fully saturated rings. The summed E-state index contributed by atoms with van der Waals surface area (Å²) < 4.78 is 6.17. The summed E-state index contributed by atoms with van der Waals surface area (Å²) in [6.07, 6.45) is 3.16. The van der Waals surface area contributed by atoms with E-state index in [2.05, 4.69) is 42.9 Å². The zero-order valence-corrected chi connectivity index (χ0v) is 17.0. The van der Waals surface area contributed by atoms with Crippen LogP contribution in [0.3, 0.4) is 0 Å². The maximum absolute atomic E-state index is 6.33. The first-order chi connectivity index (χ1) is 12.1. The molecule has 0 radical (unpaired) electrons. The lowest BCUT2D eigenvalue weighted by Crippen LogP contribution is -2.28. The number of anilines is 2. The number of nitrogens with zero attached hydrogens (tertiary/aromatic N) is 3. The minimum absolute atomic E-state index is 0.00726. The Morgan fingerprint density at radius 1 is 1.15 bits per heavy atom. The Kier molecular flexibility index (Phi) is 6.53. The van der Waals surface area contributed by atoms with Crippen molar-refractivity contribution >= 4 is 35.0 Å². The van der Waals surface area contributed by atoms with Crippen LogP contribution in [0, 0.1) is 5.92 Å². The Labute approximate surface area is 164 Å². The molecule has 0 bridgehead atoms. The number of aromatic nitrogens is 3. The van der Waals surface area contributed by atoms with Gasteiger partial charge < -0.3 is 16.2 Å². The predicted molar refractivity (Wildman–Crippen MR) is 108 cm³/mol. The molecule has 2 aromatic rings. The van der Waals surface area contributed by atoms with E-state index in [1.165, 1.54) is 0 Å². The van der Waals surface area contributed by atoms with Crippen molar-refractivity contribution in [1.82, 2.24) is 15.2 Å².